The van der Waals surface area contributed by atoms with Crippen LogP contribution in [0, 0.1) is 0 Å². The van der Waals surface area contributed by atoms with E-state index >= 15 is 0 Å². The van der Waals surface area contributed by atoms with Crippen molar-refractivity contribution >= 4 is 17.0 Å². The number of rotatable bonds is 6. The number of esters is 1. The molecule has 0 saturated carbocycles. The van der Waals surface area contributed by atoms with Crippen molar-refractivity contribution in [2.24, 2.45) is 0 Å². The quantitative estimate of drug-likeness (QED) is 0.746. The Kier molecular flexibility index (Phi) is 6.21. The zero-order valence-electron chi connectivity index (χ0n) is 15.8. The first kappa shape index (κ1) is 20.6. The largest absolute Gasteiger partial charge is 0.465 e. The first-order valence-corrected chi connectivity index (χ1v) is 8.93. The summed E-state index contributed by atoms with van der Waals surface area (Å²) in [5.74, 6) is 0.0207. The molecule has 1 aromatic carbocycles. The third-order valence-electron chi connectivity index (χ3n) is 4.84. The van der Waals surface area contributed by atoms with Crippen molar-refractivity contribution in [1.82, 2.24) is 19.8 Å². The molecule has 10 heteroatoms. The van der Waals surface area contributed by atoms with Gasteiger partial charge in [-0.2, -0.15) is 13.2 Å². The molecular weight excluding hydrogens is 377 g/mol. The minimum atomic E-state index is -4.32. The summed E-state index contributed by atoms with van der Waals surface area (Å²) in [7, 11) is 2.84. The van der Waals surface area contributed by atoms with E-state index in [-0.39, 0.29) is 19.6 Å². The Balaban J connectivity index is 1.97. The average Bonchev–Trinajstić information content (AvgIpc) is 3.01. The molecule has 0 aliphatic carbocycles. The second-order valence-electron chi connectivity index (χ2n) is 6.60. The maximum absolute atomic E-state index is 13.4. The van der Waals surface area contributed by atoms with Gasteiger partial charge in [-0.15, -0.1) is 0 Å². The van der Waals surface area contributed by atoms with Crippen LogP contribution < -0.4 is 5.32 Å². The van der Waals surface area contributed by atoms with Crippen LogP contribution in [0.3, 0.4) is 0 Å². The van der Waals surface area contributed by atoms with Crippen LogP contribution in [0.4, 0.5) is 13.2 Å². The van der Waals surface area contributed by atoms with Crippen LogP contribution >= 0.6 is 0 Å². The number of nitrogens with zero attached hydrogens (tertiary/aromatic N) is 3. The Hall–Kier alpha value is -2.17. The molecular formula is C18H23F3N4O3. The van der Waals surface area contributed by atoms with Crippen molar-refractivity contribution in [3.8, 4) is 0 Å². The molecule has 1 unspecified atom stereocenters. The summed E-state index contributed by atoms with van der Waals surface area (Å²) < 4.78 is 51.9. The van der Waals surface area contributed by atoms with E-state index in [9.17, 15) is 18.0 Å². The Bertz CT molecular complexity index is 837. The summed E-state index contributed by atoms with van der Waals surface area (Å²) in [6.45, 7) is 1.44. The molecule has 1 aliphatic heterocycles. The van der Waals surface area contributed by atoms with Crippen LogP contribution in [0.2, 0.25) is 0 Å². The first-order chi connectivity index (χ1) is 13.3. The standard InChI is InChI=1S/C18H23F3N4O3/c1-27-8-7-25-14-9-12(17(26)28-2)3-4-13(14)23-16(25)11-24-6-5-22-10-15(24)18(19,20)21/h3-4,9,15,22H,5-8,10-11H2,1-2H3. The zero-order valence-corrected chi connectivity index (χ0v) is 15.8. The lowest BCUT2D eigenvalue weighted by Crippen LogP contribution is -2.57. The number of benzene rings is 1. The summed E-state index contributed by atoms with van der Waals surface area (Å²) in [4.78, 5) is 17.8. The van der Waals surface area contributed by atoms with Gasteiger partial charge in [0.25, 0.3) is 0 Å². The maximum atomic E-state index is 13.4. The van der Waals surface area contributed by atoms with Crippen molar-refractivity contribution in [1.29, 1.82) is 0 Å². The van der Waals surface area contributed by atoms with Crippen LogP contribution in [0.1, 0.15) is 16.2 Å². The van der Waals surface area contributed by atoms with Crippen LogP contribution in [0.5, 0.6) is 0 Å². The Morgan fingerprint density at radius 2 is 2.14 bits per heavy atom. The molecule has 0 spiro atoms. The molecule has 28 heavy (non-hydrogen) atoms. The number of halogens is 3. The topological polar surface area (TPSA) is 68.6 Å². The number of alkyl halides is 3. The molecule has 0 amide bonds. The number of carbonyl (C=O) groups is 1. The van der Waals surface area contributed by atoms with E-state index in [0.29, 0.717) is 42.1 Å². The monoisotopic (exact) mass is 400 g/mol. The lowest BCUT2D eigenvalue weighted by atomic mass is 10.2. The predicted molar refractivity (Wildman–Crippen MR) is 96.1 cm³/mol. The van der Waals surface area contributed by atoms with Crippen molar-refractivity contribution in [2.45, 2.75) is 25.3 Å². The van der Waals surface area contributed by atoms with Gasteiger partial charge in [-0.3, -0.25) is 4.90 Å². The van der Waals surface area contributed by atoms with Crippen molar-refractivity contribution in [3.05, 3.63) is 29.6 Å². The van der Waals surface area contributed by atoms with E-state index in [1.54, 1.807) is 29.9 Å². The molecule has 3 rings (SSSR count). The molecule has 7 nitrogen and oxygen atoms in total. The van der Waals surface area contributed by atoms with Gasteiger partial charge in [-0.1, -0.05) is 0 Å². The van der Waals surface area contributed by atoms with Crippen LogP contribution in [-0.2, 0) is 22.6 Å². The fourth-order valence-electron chi connectivity index (χ4n) is 3.41. The fourth-order valence-corrected chi connectivity index (χ4v) is 3.41. The minimum absolute atomic E-state index is 0.0534. The van der Waals surface area contributed by atoms with E-state index in [1.165, 1.54) is 12.0 Å². The highest BCUT2D eigenvalue weighted by molar-refractivity contribution is 5.93. The van der Waals surface area contributed by atoms with Gasteiger partial charge in [-0.25, -0.2) is 9.78 Å². The summed E-state index contributed by atoms with van der Waals surface area (Å²) in [6, 6.07) is 3.34. The molecule has 1 aromatic heterocycles. The number of nitrogens with one attached hydrogen (secondary N) is 1. The third-order valence-corrected chi connectivity index (χ3v) is 4.84. The number of hydrogen-bond acceptors (Lipinski definition) is 6. The van der Waals surface area contributed by atoms with Gasteiger partial charge in [0.1, 0.15) is 11.9 Å². The number of imidazole rings is 1. The summed E-state index contributed by atoms with van der Waals surface area (Å²) >= 11 is 0. The number of piperazine rings is 1. The van der Waals surface area contributed by atoms with Gasteiger partial charge in [0, 0.05) is 33.3 Å². The van der Waals surface area contributed by atoms with Crippen molar-refractivity contribution < 1.29 is 27.4 Å². The second-order valence-corrected chi connectivity index (χ2v) is 6.60. The van der Waals surface area contributed by atoms with Crippen LogP contribution in [0.25, 0.3) is 11.0 Å². The Morgan fingerprint density at radius 3 is 2.82 bits per heavy atom. The van der Waals surface area contributed by atoms with Crippen molar-refractivity contribution in [3.63, 3.8) is 0 Å². The molecule has 1 fully saturated rings. The smallest absolute Gasteiger partial charge is 0.405 e. The highest BCUT2D eigenvalue weighted by Crippen LogP contribution is 2.28. The zero-order chi connectivity index (χ0) is 20.3. The highest BCUT2D eigenvalue weighted by Gasteiger charge is 2.44. The number of hydrogen-bond donors (Lipinski definition) is 1. The van der Waals surface area contributed by atoms with Gasteiger partial charge < -0.3 is 19.4 Å². The first-order valence-electron chi connectivity index (χ1n) is 8.93. The lowest BCUT2D eigenvalue weighted by molar-refractivity contribution is -0.188. The number of methoxy groups -OCH3 is 2. The lowest BCUT2D eigenvalue weighted by Gasteiger charge is -2.36. The molecule has 1 N–H and O–H groups in total. The fraction of sp³-hybridized carbons (Fsp3) is 0.556. The van der Waals surface area contributed by atoms with E-state index in [4.69, 9.17) is 9.47 Å². The van der Waals surface area contributed by atoms with Gasteiger partial charge in [-0.05, 0) is 18.2 Å². The number of aromatic nitrogens is 2. The van der Waals surface area contributed by atoms with Crippen LogP contribution in [0.15, 0.2) is 18.2 Å². The summed E-state index contributed by atoms with van der Waals surface area (Å²) in [5, 5.41) is 2.80. The molecule has 1 atom stereocenters. The number of fused-ring (bicyclic) bond motifs is 1. The van der Waals surface area contributed by atoms with Gasteiger partial charge in [0.2, 0.25) is 0 Å². The SMILES string of the molecule is COCCn1c(CN2CCNCC2C(F)(F)F)nc2ccc(C(=O)OC)cc21. The third kappa shape index (κ3) is 4.29. The van der Waals surface area contributed by atoms with Gasteiger partial charge >= 0.3 is 12.1 Å². The van der Waals surface area contributed by atoms with Crippen molar-refractivity contribution in [2.75, 3.05) is 40.5 Å². The molecule has 154 valence electrons. The van der Waals surface area contributed by atoms with Gasteiger partial charge in [0.15, 0.2) is 0 Å². The predicted octanol–water partition coefficient (Wildman–Crippen LogP) is 1.81. The number of carbonyl (C=O) groups excluding carboxylic acids is 1. The van der Waals surface area contributed by atoms with E-state index < -0.39 is 18.2 Å². The second kappa shape index (κ2) is 8.46. The summed E-state index contributed by atoms with van der Waals surface area (Å²) in [6.07, 6.45) is -4.32. The molecule has 1 saturated heterocycles. The van der Waals surface area contributed by atoms with Crippen LogP contribution in [-0.4, -0.2) is 73.1 Å². The molecule has 0 radical (unpaired) electrons. The van der Waals surface area contributed by atoms with E-state index in [1.807, 2.05) is 0 Å². The van der Waals surface area contributed by atoms with E-state index in [2.05, 4.69) is 10.3 Å². The molecule has 0 bridgehead atoms. The molecule has 2 heterocycles. The maximum Gasteiger partial charge on any atom is 0.405 e. The van der Waals surface area contributed by atoms with Gasteiger partial charge in [0.05, 0.1) is 36.9 Å². The summed E-state index contributed by atoms with van der Waals surface area (Å²) in [5.41, 5.74) is 1.63. The highest BCUT2D eigenvalue weighted by atomic mass is 19.4. The normalized spacial score (nSPS) is 18.5. The van der Waals surface area contributed by atoms with E-state index in [0.717, 1.165) is 0 Å². The average molecular weight is 400 g/mol. The Labute approximate surface area is 160 Å². The minimum Gasteiger partial charge on any atom is -0.465 e. The Morgan fingerprint density at radius 1 is 1.36 bits per heavy atom. The molecule has 2 aromatic rings. The molecule has 1 aliphatic rings. The number of ether oxygens (including phenoxy) is 2.